The monoisotopic (exact) mass is 247 g/mol. The highest BCUT2D eigenvalue weighted by Gasteiger charge is 2.19. The second kappa shape index (κ2) is 4.69. The Morgan fingerprint density at radius 1 is 1.22 bits per heavy atom. The number of ether oxygens (including phenoxy) is 1. The third-order valence-corrected chi connectivity index (χ3v) is 3.74. The first kappa shape index (κ1) is 11.7. The molecule has 0 aliphatic carbocycles. The van der Waals surface area contributed by atoms with Crippen molar-refractivity contribution in [3.05, 3.63) is 18.2 Å². The van der Waals surface area contributed by atoms with E-state index < -0.39 is 0 Å². The Balaban J connectivity index is 1.79. The molecule has 1 unspecified atom stereocenters. The van der Waals surface area contributed by atoms with E-state index in [0.717, 1.165) is 44.2 Å². The van der Waals surface area contributed by atoms with Crippen molar-refractivity contribution in [1.29, 1.82) is 0 Å². The number of piperazine rings is 1. The third kappa shape index (κ3) is 2.25. The summed E-state index contributed by atoms with van der Waals surface area (Å²) in [7, 11) is 2.18. The number of anilines is 2. The summed E-state index contributed by atoms with van der Waals surface area (Å²) >= 11 is 0. The van der Waals surface area contributed by atoms with Crippen LogP contribution < -0.4 is 15.0 Å². The van der Waals surface area contributed by atoms with Crippen molar-refractivity contribution in [3.63, 3.8) is 0 Å². The number of likely N-dealkylation sites (N-methyl/N-ethyl adjacent to an activating group) is 1. The van der Waals surface area contributed by atoms with Crippen molar-refractivity contribution in [2.24, 2.45) is 0 Å². The van der Waals surface area contributed by atoms with Crippen LogP contribution in [0.15, 0.2) is 18.2 Å². The largest absolute Gasteiger partial charge is 0.487 e. The smallest absolute Gasteiger partial charge is 0.144 e. The van der Waals surface area contributed by atoms with Gasteiger partial charge in [0.2, 0.25) is 0 Å². The summed E-state index contributed by atoms with van der Waals surface area (Å²) in [5.74, 6) is 0.991. The highest BCUT2D eigenvalue weighted by Crippen LogP contribution is 2.33. The SMILES string of the molecule is CC1CNc2ccc(N3CCN(C)CC3)cc2O1. The molecule has 4 nitrogen and oxygen atoms in total. The summed E-state index contributed by atoms with van der Waals surface area (Å²) in [6.07, 6.45) is 0.250. The standard InChI is InChI=1S/C14H21N3O/c1-11-10-15-13-4-3-12(9-14(13)18-11)17-7-5-16(2)6-8-17/h3-4,9,11,15H,5-8,10H2,1-2H3. The van der Waals surface area contributed by atoms with Crippen LogP contribution in [0.1, 0.15) is 6.92 Å². The van der Waals surface area contributed by atoms with E-state index in [1.165, 1.54) is 5.69 Å². The molecule has 1 aromatic carbocycles. The zero-order valence-corrected chi connectivity index (χ0v) is 11.1. The first-order valence-corrected chi connectivity index (χ1v) is 6.70. The van der Waals surface area contributed by atoms with Gasteiger partial charge in [-0.2, -0.15) is 0 Å². The van der Waals surface area contributed by atoms with Crippen LogP contribution in [0.2, 0.25) is 0 Å². The zero-order valence-electron chi connectivity index (χ0n) is 11.1. The molecule has 98 valence electrons. The van der Waals surface area contributed by atoms with Crippen molar-refractivity contribution in [2.75, 3.05) is 50.0 Å². The molecule has 1 saturated heterocycles. The fraction of sp³-hybridized carbons (Fsp3) is 0.571. The van der Waals surface area contributed by atoms with Gasteiger partial charge < -0.3 is 19.9 Å². The number of fused-ring (bicyclic) bond motifs is 1. The maximum absolute atomic E-state index is 5.88. The van der Waals surface area contributed by atoms with E-state index in [9.17, 15) is 0 Å². The minimum absolute atomic E-state index is 0.250. The van der Waals surface area contributed by atoms with Gasteiger partial charge in [0, 0.05) is 37.9 Å². The molecule has 1 aromatic rings. The minimum Gasteiger partial charge on any atom is -0.487 e. The van der Waals surface area contributed by atoms with Crippen molar-refractivity contribution in [2.45, 2.75) is 13.0 Å². The molecule has 0 amide bonds. The summed E-state index contributed by atoms with van der Waals surface area (Å²) in [5.41, 5.74) is 2.39. The van der Waals surface area contributed by atoms with E-state index in [4.69, 9.17) is 4.74 Å². The molecule has 0 spiro atoms. The van der Waals surface area contributed by atoms with Crippen molar-refractivity contribution in [1.82, 2.24) is 4.90 Å². The molecular weight excluding hydrogens is 226 g/mol. The zero-order chi connectivity index (χ0) is 12.5. The normalized spacial score (nSPS) is 24.1. The van der Waals surface area contributed by atoms with E-state index >= 15 is 0 Å². The first-order valence-electron chi connectivity index (χ1n) is 6.70. The molecule has 2 heterocycles. The molecule has 2 aliphatic rings. The summed E-state index contributed by atoms with van der Waals surface area (Å²) < 4.78 is 5.88. The highest BCUT2D eigenvalue weighted by molar-refractivity contribution is 5.65. The second-order valence-corrected chi connectivity index (χ2v) is 5.28. The topological polar surface area (TPSA) is 27.7 Å². The Kier molecular flexibility index (Phi) is 3.04. The molecule has 0 aromatic heterocycles. The van der Waals surface area contributed by atoms with Gasteiger partial charge in [0.05, 0.1) is 12.2 Å². The lowest BCUT2D eigenvalue weighted by atomic mass is 10.2. The molecule has 3 rings (SSSR count). The van der Waals surface area contributed by atoms with Crippen molar-refractivity contribution < 1.29 is 4.74 Å². The fourth-order valence-electron chi connectivity index (χ4n) is 2.53. The third-order valence-electron chi connectivity index (χ3n) is 3.74. The van der Waals surface area contributed by atoms with Crippen LogP contribution in [0, 0.1) is 0 Å². The Hall–Kier alpha value is -1.42. The van der Waals surface area contributed by atoms with Crippen LogP contribution in [0.5, 0.6) is 5.75 Å². The molecule has 18 heavy (non-hydrogen) atoms. The number of nitrogens with one attached hydrogen (secondary N) is 1. The van der Waals surface area contributed by atoms with E-state index in [1.54, 1.807) is 0 Å². The molecule has 1 atom stereocenters. The van der Waals surface area contributed by atoms with Gasteiger partial charge in [0.1, 0.15) is 11.9 Å². The van der Waals surface area contributed by atoms with Crippen LogP contribution in [-0.4, -0.2) is 50.8 Å². The Bertz CT molecular complexity index is 427. The van der Waals surface area contributed by atoms with Crippen molar-refractivity contribution in [3.8, 4) is 5.75 Å². The van der Waals surface area contributed by atoms with Crippen LogP contribution >= 0.6 is 0 Å². The van der Waals surface area contributed by atoms with Crippen molar-refractivity contribution >= 4 is 11.4 Å². The van der Waals surface area contributed by atoms with Gasteiger partial charge in [0.25, 0.3) is 0 Å². The van der Waals surface area contributed by atoms with E-state index in [-0.39, 0.29) is 6.10 Å². The molecule has 4 heteroatoms. The average molecular weight is 247 g/mol. The number of rotatable bonds is 1. The second-order valence-electron chi connectivity index (χ2n) is 5.28. The van der Waals surface area contributed by atoms with E-state index in [2.05, 4.69) is 47.3 Å². The van der Waals surface area contributed by atoms with Crippen LogP contribution in [0.3, 0.4) is 0 Å². The molecular formula is C14H21N3O. The molecule has 0 saturated carbocycles. The maximum Gasteiger partial charge on any atom is 0.144 e. The van der Waals surface area contributed by atoms with Gasteiger partial charge in [-0.25, -0.2) is 0 Å². The summed E-state index contributed by atoms with van der Waals surface area (Å²) in [6.45, 7) is 7.44. The minimum atomic E-state index is 0.250. The Morgan fingerprint density at radius 2 is 2.00 bits per heavy atom. The lowest BCUT2D eigenvalue weighted by Gasteiger charge is -2.35. The molecule has 1 N–H and O–H groups in total. The van der Waals surface area contributed by atoms with Gasteiger partial charge in [-0.15, -0.1) is 0 Å². The van der Waals surface area contributed by atoms with Crippen LogP contribution in [0.25, 0.3) is 0 Å². The number of nitrogens with zero attached hydrogens (tertiary/aromatic N) is 2. The predicted octanol–water partition coefficient (Wildman–Crippen LogP) is 1.63. The predicted molar refractivity (Wildman–Crippen MR) is 74.7 cm³/mol. The Morgan fingerprint density at radius 3 is 2.78 bits per heavy atom. The van der Waals surface area contributed by atoms with Gasteiger partial charge >= 0.3 is 0 Å². The lowest BCUT2D eigenvalue weighted by Crippen LogP contribution is -2.44. The number of benzene rings is 1. The highest BCUT2D eigenvalue weighted by atomic mass is 16.5. The van der Waals surface area contributed by atoms with E-state index in [1.807, 2.05) is 0 Å². The quantitative estimate of drug-likeness (QED) is 0.816. The summed E-state index contributed by atoms with van der Waals surface area (Å²) in [6, 6.07) is 6.49. The van der Waals surface area contributed by atoms with Gasteiger partial charge in [-0.3, -0.25) is 0 Å². The molecule has 0 bridgehead atoms. The van der Waals surface area contributed by atoms with Crippen LogP contribution in [-0.2, 0) is 0 Å². The summed E-state index contributed by atoms with van der Waals surface area (Å²) in [5, 5.41) is 3.40. The van der Waals surface area contributed by atoms with Gasteiger partial charge in [0.15, 0.2) is 0 Å². The number of hydrogen-bond acceptors (Lipinski definition) is 4. The van der Waals surface area contributed by atoms with Crippen LogP contribution in [0.4, 0.5) is 11.4 Å². The molecule has 1 fully saturated rings. The van der Waals surface area contributed by atoms with E-state index in [0.29, 0.717) is 0 Å². The van der Waals surface area contributed by atoms with Gasteiger partial charge in [-0.1, -0.05) is 0 Å². The first-order chi connectivity index (χ1) is 8.72. The van der Waals surface area contributed by atoms with Gasteiger partial charge in [-0.05, 0) is 26.1 Å². The molecule has 2 aliphatic heterocycles. The molecule has 0 radical (unpaired) electrons. The maximum atomic E-state index is 5.88. The summed E-state index contributed by atoms with van der Waals surface area (Å²) in [4.78, 5) is 4.80. The number of hydrogen-bond donors (Lipinski definition) is 1. The Labute approximate surface area is 109 Å². The lowest BCUT2D eigenvalue weighted by molar-refractivity contribution is 0.226. The average Bonchev–Trinajstić information content (AvgIpc) is 2.38. The fourth-order valence-corrected chi connectivity index (χ4v) is 2.53.